The van der Waals surface area contributed by atoms with Crippen molar-refractivity contribution in [2.24, 2.45) is 0 Å². The summed E-state index contributed by atoms with van der Waals surface area (Å²) in [5.74, 6) is 0. The molecule has 0 saturated heterocycles. The fourth-order valence-corrected chi connectivity index (χ4v) is 11.5. The summed E-state index contributed by atoms with van der Waals surface area (Å²) < 4.78 is 14.1. The molecule has 15 rings (SSSR count). The molecule has 0 N–H and O–H groups in total. The van der Waals surface area contributed by atoms with Gasteiger partial charge in [-0.1, -0.05) is 170 Å². The third-order valence-electron chi connectivity index (χ3n) is 14.5. The standard InChI is InChI=1S/C66H40N2O2/c1-3-17-45(18-4-1)67(47-31-33-51-43(37-47)29-27-41-15-7-9-21-49(41)51)57-39-61-63(55-25-13-11-23-53(55)57)65-59(69-61)35-36-60-66(65)64-56-26-14-12-24-54(56)58(40-62(64)70-60)68(46-19-5-2-6-20-46)48-32-34-52-44(38-48)30-28-42-16-8-10-22-50(42)52/h1-40H. The molecule has 0 unspecified atom stereocenters. The maximum atomic E-state index is 7.04. The van der Waals surface area contributed by atoms with Crippen LogP contribution in [-0.4, -0.2) is 0 Å². The highest BCUT2D eigenvalue weighted by molar-refractivity contribution is 6.35. The summed E-state index contributed by atoms with van der Waals surface area (Å²) in [5, 5.41) is 18.6. The van der Waals surface area contributed by atoms with E-state index in [2.05, 4.69) is 252 Å². The van der Waals surface area contributed by atoms with Crippen molar-refractivity contribution >= 4 is 143 Å². The molecule has 0 bridgehead atoms. The van der Waals surface area contributed by atoms with Gasteiger partial charge >= 0.3 is 0 Å². The average molecular weight is 893 g/mol. The molecular formula is C66H40N2O2. The molecule has 4 heteroatoms. The third-order valence-corrected chi connectivity index (χ3v) is 14.5. The molecule has 70 heavy (non-hydrogen) atoms. The second-order valence-electron chi connectivity index (χ2n) is 18.4. The normalized spacial score (nSPS) is 12.0. The lowest BCUT2D eigenvalue weighted by atomic mass is 9.96. The average Bonchev–Trinajstić information content (AvgIpc) is 4.00. The Balaban J connectivity index is 0.967. The number of hydrogen-bond donors (Lipinski definition) is 0. The van der Waals surface area contributed by atoms with E-state index < -0.39 is 0 Å². The predicted octanol–water partition coefficient (Wildman–Crippen LogP) is 19.3. The number of fused-ring (bicyclic) bond motifs is 17. The SMILES string of the molecule is c1ccc(N(c2ccc3c(ccc4ccccc43)c2)c2cc3oc4ccc5oc6cc(N(c7ccccc7)c7ccc8c(ccc9ccccc98)c7)c7ccccc7c6c5c4c3c3ccccc23)cc1. The van der Waals surface area contributed by atoms with Crippen molar-refractivity contribution < 1.29 is 8.83 Å². The Morgan fingerprint density at radius 3 is 1.01 bits per heavy atom. The van der Waals surface area contributed by atoms with Gasteiger partial charge in [0.1, 0.15) is 22.3 Å². The van der Waals surface area contributed by atoms with Crippen LogP contribution in [0.5, 0.6) is 0 Å². The first-order valence-electron chi connectivity index (χ1n) is 23.9. The van der Waals surface area contributed by atoms with Gasteiger partial charge in [-0.05, 0) is 115 Å². The van der Waals surface area contributed by atoms with Gasteiger partial charge in [-0.3, -0.25) is 0 Å². The zero-order chi connectivity index (χ0) is 45.9. The first kappa shape index (κ1) is 38.7. The van der Waals surface area contributed by atoms with Crippen molar-refractivity contribution in [1.82, 2.24) is 0 Å². The van der Waals surface area contributed by atoms with Crippen LogP contribution in [0.2, 0.25) is 0 Å². The molecule has 0 saturated carbocycles. The van der Waals surface area contributed by atoms with Crippen LogP contribution >= 0.6 is 0 Å². The molecule has 13 aromatic carbocycles. The molecule has 0 atom stereocenters. The molecule has 0 radical (unpaired) electrons. The van der Waals surface area contributed by atoms with E-state index in [9.17, 15) is 0 Å². The number of furan rings is 2. The fraction of sp³-hybridized carbons (Fsp3) is 0. The largest absolute Gasteiger partial charge is 0.456 e. The number of para-hydroxylation sites is 2. The van der Waals surface area contributed by atoms with Crippen molar-refractivity contribution in [2.45, 2.75) is 0 Å². The quantitative estimate of drug-likeness (QED) is 0.156. The maximum absolute atomic E-state index is 7.04. The Kier molecular flexibility index (Phi) is 8.33. The van der Waals surface area contributed by atoms with E-state index in [-0.39, 0.29) is 0 Å². The Morgan fingerprint density at radius 1 is 0.214 bits per heavy atom. The zero-order valence-corrected chi connectivity index (χ0v) is 37.8. The molecule has 15 aromatic rings. The molecule has 0 fully saturated rings. The number of nitrogens with zero attached hydrogens (tertiary/aromatic N) is 2. The molecule has 0 amide bonds. The topological polar surface area (TPSA) is 32.8 Å². The van der Waals surface area contributed by atoms with Crippen molar-refractivity contribution in [3.63, 3.8) is 0 Å². The van der Waals surface area contributed by atoms with E-state index >= 15 is 0 Å². The minimum absolute atomic E-state index is 0.818. The first-order valence-corrected chi connectivity index (χ1v) is 23.9. The van der Waals surface area contributed by atoms with Crippen molar-refractivity contribution in [3.05, 3.63) is 243 Å². The van der Waals surface area contributed by atoms with Crippen molar-refractivity contribution in [2.75, 3.05) is 9.80 Å². The van der Waals surface area contributed by atoms with Gasteiger partial charge in [-0.15, -0.1) is 0 Å². The lowest BCUT2D eigenvalue weighted by Gasteiger charge is -2.27. The van der Waals surface area contributed by atoms with E-state index in [0.29, 0.717) is 0 Å². The molecule has 2 aromatic heterocycles. The van der Waals surface area contributed by atoms with Gasteiger partial charge in [0.2, 0.25) is 0 Å². The van der Waals surface area contributed by atoms with Crippen LogP contribution in [0, 0.1) is 0 Å². The van der Waals surface area contributed by atoms with Crippen molar-refractivity contribution in [3.8, 4) is 0 Å². The van der Waals surface area contributed by atoms with Gasteiger partial charge in [0, 0.05) is 67.2 Å². The van der Waals surface area contributed by atoms with Crippen LogP contribution in [-0.2, 0) is 0 Å². The fourth-order valence-electron chi connectivity index (χ4n) is 11.5. The summed E-state index contributed by atoms with van der Waals surface area (Å²) in [6.45, 7) is 0. The van der Waals surface area contributed by atoms with E-state index in [4.69, 9.17) is 8.83 Å². The van der Waals surface area contributed by atoms with Crippen LogP contribution in [0.4, 0.5) is 34.1 Å². The number of rotatable bonds is 6. The summed E-state index contributed by atoms with van der Waals surface area (Å²) in [7, 11) is 0. The molecule has 0 aliphatic heterocycles. The molecule has 0 spiro atoms. The Morgan fingerprint density at radius 2 is 0.571 bits per heavy atom. The minimum atomic E-state index is 0.818. The lowest BCUT2D eigenvalue weighted by Crippen LogP contribution is -2.10. The second kappa shape index (κ2) is 15.1. The molecule has 0 aliphatic carbocycles. The summed E-state index contributed by atoms with van der Waals surface area (Å²) in [6, 6.07) is 87.3. The lowest BCUT2D eigenvalue weighted by molar-refractivity contribution is 0.663. The first-order chi connectivity index (χ1) is 34.7. The molecule has 0 aliphatic rings. The van der Waals surface area contributed by atoms with Crippen LogP contribution in [0.25, 0.3) is 109 Å². The maximum Gasteiger partial charge on any atom is 0.138 e. The highest BCUT2D eigenvalue weighted by Gasteiger charge is 2.26. The summed E-state index contributed by atoms with van der Waals surface area (Å²) in [5.41, 5.74) is 9.63. The van der Waals surface area contributed by atoms with Crippen LogP contribution in [0.3, 0.4) is 0 Å². The second-order valence-corrected chi connectivity index (χ2v) is 18.4. The van der Waals surface area contributed by atoms with Crippen LogP contribution in [0.1, 0.15) is 0 Å². The highest BCUT2D eigenvalue weighted by atomic mass is 16.3. The molecule has 4 nitrogen and oxygen atoms in total. The van der Waals surface area contributed by atoms with Gasteiger partial charge in [0.25, 0.3) is 0 Å². The number of benzene rings is 13. The minimum Gasteiger partial charge on any atom is -0.456 e. The molecular weight excluding hydrogens is 853 g/mol. The van der Waals surface area contributed by atoms with Gasteiger partial charge in [0.05, 0.1) is 11.4 Å². The van der Waals surface area contributed by atoms with Crippen LogP contribution in [0.15, 0.2) is 251 Å². The Bertz CT molecular complexity index is 4310. The summed E-state index contributed by atoms with van der Waals surface area (Å²) in [4.78, 5) is 4.75. The summed E-state index contributed by atoms with van der Waals surface area (Å²) >= 11 is 0. The van der Waals surface area contributed by atoms with Gasteiger partial charge in [-0.2, -0.15) is 0 Å². The summed E-state index contributed by atoms with van der Waals surface area (Å²) in [6.07, 6.45) is 0. The van der Waals surface area contributed by atoms with Crippen LogP contribution < -0.4 is 9.80 Å². The van der Waals surface area contributed by atoms with E-state index in [0.717, 1.165) is 99.5 Å². The van der Waals surface area contributed by atoms with Gasteiger partial charge < -0.3 is 18.6 Å². The van der Waals surface area contributed by atoms with Gasteiger partial charge in [0.15, 0.2) is 0 Å². The van der Waals surface area contributed by atoms with Crippen molar-refractivity contribution in [1.29, 1.82) is 0 Å². The molecule has 2 heterocycles. The van der Waals surface area contributed by atoms with E-state index in [1.54, 1.807) is 0 Å². The number of hydrogen-bond acceptors (Lipinski definition) is 4. The van der Waals surface area contributed by atoms with E-state index in [1.807, 2.05) is 0 Å². The highest BCUT2D eigenvalue weighted by Crippen LogP contribution is 2.51. The van der Waals surface area contributed by atoms with Gasteiger partial charge in [-0.25, -0.2) is 0 Å². The monoisotopic (exact) mass is 892 g/mol. The number of anilines is 6. The zero-order valence-electron chi connectivity index (χ0n) is 37.8. The predicted molar refractivity (Wildman–Crippen MR) is 295 cm³/mol. The molecule has 326 valence electrons. The Hall–Kier alpha value is -9.38. The smallest absolute Gasteiger partial charge is 0.138 e. The third kappa shape index (κ3) is 5.77. The Labute approximate surface area is 402 Å². The van der Waals surface area contributed by atoms with E-state index in [1.165, 1.54) is 43.1 Å².